The standard InChI is InChI=1S/C13H9BrCl2N2O/c14-8-1-3-9(4-2-8)17-13(19)18-10-5-6-11(15)12(16)7-10/h1-7H,(H2,17,18,19). The average Bonchev–Trinajstić information content (AvgIpc) is 2.37. The minimum absolute atomic E-state index is 0.347. The predicted molar refractivity (Wildman–Crippen MR) is 83.2 cm³/mol. The molecule has 0 aromatic heterocycles. The Morgan fingerprint density at radius 1 is 0.895 bits per heavy atom. The zero-order valence-corrected chi connectivity index (χ0v) is 12.7. The maximum Gasteiger partial charge on any atom is 0.323 e. The van der Waals surface area contributed by atoms with Crippen LogP contribution in [0, 0.1) is 0 Å². The molecule has 0 unspecified atom stereocenters. The van der Waals surface area contributed by atoms with Crippen LogP contribution in [0.15, 0.2) is 46.9 Å². The number of benzene rings is 2. The van der Waals surface area contributed by atoms with Gasteiger partial charge in [0.1, 0.15) is 0 Å². The molecular weight excluding hydrogens is 351 g/mol. The lowest BCUT2D eigenvalue weighted by molar-refractivity contribution is 0.262. The highest BCUT2D eigenvalue weighted by molar-refractivity contribution is 9.10. The van der Waals surface area contributed by atoms with Crippen molar-refractivity contribution < 1.29 is 4.79 Å². The maximum absolute atomic E-state index is 11.8. The number of urea groups is 1. The fraction of sp³-hybridized carbons (Fsp3) is 0. The molecule has 19 heavy (non-hydrogen) atoms. The second kappa shape index (κ2) is 6.28. The van der Waals surface area contributed by atoms with E-state index < -0.39 is 0 Å². The summed E-state index contributed by atoms with van der Waals surface area (Å²) in [5.74, 6) is 0. The number of carbonyl (C=O) groups excluding carboxylic acids is 1. The molecule has 3 nitrogen and oxygen atoms in total. The summed E-state index contributed by atoms with van der Waals surface area (Å²) in [4.78, 5) is 11.8. The van der Waals surface area contributed by atoms with E-state index in [-0.39, 0.29) is 6.03 Å². The fourth-order valence-corrected chi connectivity index (χ4v) is 1.96. The van der Waals surface area contributed by atoms with Crippen molar-refractivity contribution in [3.05, 3.63) is 57.0 Å². The number of rotatable bonds is 2. The van der Waals surface area contributed by atoms with E-state index in [1.165, 1.54) is 0 Å². The number of hydrogen-bond donors (Lipinski definition) is 2. The van der Waals surface area contributed by atoms with Crippen molar-refractivity contribution in [3.8, 4) is 0 Å². The Balaban J connectivity index is 2.01. The highest BCUT2D eigenvalue weighted by atomic mass is 79.9. The molecule has 0 spiro atoms. The van der Waals surface area contributed by atoms with E-state index in [2.05, 4.69) is 26.6 Å². The largest absolute Gasteiger partial charge is 0.323 e. The van der Waals surface area contributed by atoms with Crippen LogP contribution in [0.1, 0.15) is 0 Å². The third-order valence-corrected chi connectivity index (χ3v) is 3.55. The van der Waals surface area contributed by atoms with Crippen LogP contribution >= 0.6 is 39.1 Å². The van der Waals surface area contributed by atoms with Crippen LogP contribution < -0.4 is 10.6 Å². The van der Waals surface area contributed by atoms with E-state index in [4.69, 9.17) is 23.2 Å². The highest BCUT2D eigenvalue weighted by Gasteiger charge is 2.04. The number of hydrogen-bond acceptors (Lipinski definition) is 1. The molecule has 0 atom stereocenters. The maximum atomic E-state index is 11.8. The molecule has 0 fully saturated rings. The Morgan fingerprint density at radius 3 is 2.11 bits per heavy atom. The van der Waals surface area contributed by atoms with Gasteiger partial charge >= 0.3 is 6.03 Å². The second-order valence-electron chi connectivity index (χ2n) is 3.71. The van der Waals surface area contributed by atoms with Gasteiger partial charge in [0.25, 0.3) is 0 Å². The number of carbonyl (C=O) groups is 1. The van der Waals surface area contributed by atoms with Crippen LogP contribution in [0.3, 0.4) is 0 Å². The van der Waals surface area contributed by atoms with Crippen molar-refractivity contribution in [1.29, 1.82) is 0 Å². The number of anilines is 2. The molecule has 0 saturated heterocycles. The molecule has 2 amide bonds. The fourth-order valence-electron chi connectivity index (χ4n) is 1.40. The smallest absolute Gasteiger partial charge is 0.308 e. The van der Waals surface area contributed by atoms with E-state index in [1.54, 1.807) is 30.3 Å². The summed E-state index contributed by atoms with van der Waals surface area (Å²) in [5.41, 5.74) is 1.27. The van der Waals surface area contributed by atoms with Gasteiger partial charge in [-0.05, 0) is 42.5 Å². The minimum atomic E-state index is -0.347. The first kappa shape index (κ1) is 14.2. The Labute approximate surface area is 129 Å². The number of amides is 2. The molecular formula is C13H9BrCl2N2O. The van der Waals surface area contributed by atoms with Gasteiger partial charge in [-0.25, -0.2) is 4.79 Å². The van der Waals surface area contributed by atoms with Gasteiger partial charge in [0, 0.05) is 15.8 Å². The second-order valence-corrected chi connectivity index (χ2v) is 5.44. The van der Waals surface area contributed by atoms with Crippen LogP contribution in [0.5, 0.6) is 0 Å². The van der Waals surface area contributed by atoms with Crippen molar-refractivity contribution >= 4 is 56.5 Å². The molecule has 0 saturated carbocycles. The summed E-state index contributed by atoms with van der Waals surface area (Å²) in [7, 11) is 0. The summed E-state index contributed by atoms with van der Waals surface area (Å²) < 4.78 is 0.947. The van der Waals surface area contributed by atoms with Crippen molar-refractivity contribution in [3.63, 3.8) is 0 Å². The molecule has 0 aliphatic carbocycles. The van der Waals surface area contributed by atoms with Gasteiger partial charge in [-0.1, -0.05) is 39.1 Å². The van der Waals surface area contributed by atoms with Crippen molar-refractivity contribution in [1.82, 2.24) is 0 Å². The molecule has 0 radical (unpaired) electrons. The Hall–Kier alpha value is -1.23. The summed E-state index contributed by atoms with van der Waals surface area (Å²) >= 11 is 15.0. The summed E-state index contributed by atoms with van der Waals surface area (Å²) in [6.07, 6.45) is 0. The molecule has 2 N–H and O–H groups in total. The van der Waals surface area contributed by atoms with Gasteiger partial charge in [-0.15, -0.1) is 0 Å². The van der Waals surface area contributed by atoms with Crippen molar-refractivity contribution in [2.75, 3.05) is 10.6 Å². The summed E-state index contributed by atoms with van der Waals surface area (Å²) in [5, 5.41) is 6.21. The van der Waals surface area contributed by atoms with Gasteiger partial charge in [0.05, 0.1) is 10.0 Å². The van der Waals surface area contributed by atoms with E-state index in [0.29, 0.717) is 21.4 Å². The van der Waals surface area contributed by atoms with Crippen LogP contribution in [0.2, 0.25) is 10.0 Å². The number of halogens is 3. The highest BCUT2D eigenvalue weighted by Crippen LogP contribution is 2.25. The zero-order valence-electron chi connectivity index (χ0n) is 9.58. The van der Waals surface area contributed by atoms with Crippen LogP contribution in [0.4, 0.5) is 16.2 Å². The molecule has 98 valence electrons. The van der Waals surface area contributed by atoms with Gasteiger partial charge in [0.2, 0.25) is 0 Å². The van der Waals surface area contributed by atoms with Crippen molar-refractivity contribution in [2.24, 2.45) is 0 Å². The lowest BCUT2D eigenvalue weighted by Crippen LogP contribution is -2.19. The molecule has 2 rings (SSSR count). The monoisotopic (exact) mass is 358 g/mol. The predicted octanol–water partition coefficient (Wildman–Crippen LogP) is 5.40. The van der Waals surface area contributed by atoms with E-state index in [9.17, 15) is 4.79 Å². The zero-order chi connectivity index (χ0) is 13.8. The van der Waals surface area contributed by atoms with Crippen LogP contribution in [-0.2, 0) is 0 Å². The first-order valence-corrected chi connectivity index (χ1v) is 6.88. The molecule has 0 aliphatic rings. The van der Waals surface area contributed by atoms with Crippen LogP contribution in [0.25, 0.3) is 0 Å². The van der Waals surface area contributed by atoms with Gasteiger partial charge in [0.15, 0.2) is 0 Å². The first-order chi connectivity index (χ1) is 9.04. The van der Waals surface area contributed by atoms with E-state index in [0.717, 1.165) is 4.47 Å². The summed E-state index contributed by atoms with van der Waals surface area (Å²) in [6, 6.07) is 11.8. The topological polar surface area (TPSA) is 41.1 Å². The lowest BCUT2D eigenvalue weighted by atomic mass is 10.3. The molecule has 2 aromatic carbocycles. The Kier molecular flexibility index (Phi) is 4.69. The van der Waals surface area contributed by atoms with Crippen molar-refractivity contribution in [2.45, 2.75) is 0 Å². The van der Waals surface area contributed by atoms with Gasteiger partial charge in [-0.2, -0.15) is 0 Å². The Morgan fingerprint density at radius 2 is 1.47 bits per heavy atom. The third kappa shape index (κ3) is 4.13. The SMILES string of the molecule is O=C(Nc1ccc(Br)cc1)Nc1ccc(Cl)c(Cl)c1. The van der Waals surface area contributed by atoms with E-state index >= 15 is 0 Å². The lowest BCUT2D eigenvalue weighted by Gasteiger charge is -2.08. The van der Waals surface area contributed by atoms with Crippen LogP contribution in [-0.4, -0.2) is 6.03 Å². The number of nitrogens with one attached hydrogen (secondary N) is 2. The Bertz CT molecular complexity index is 602. The minimum Gasteiger partial charge on any atom is -0.308 e. The molecule has 0 bridgehead atoms. The van der Waals surface area contributed by atoms with E-state index in [1.807, 2.05) is 12.1 Å². The summed E-state index contributed by atoms with van der Waals surface area (Å²) in [6.45, 7) is 0. The molecule has 6 heteroatoms. The van der Waals surface area contributed by atoms with Gasteiger partial charge < -0.3 is 10.6 Å². The quantitative estimate of drug-likeness (QED) is 0.740. The molecule has 2 aromatic rings. The third-order valence-electron chi connectivity index (χ3n) is 2.28. The molecule has 0 heterocycles. The van der Waals surface area contributed by atoms with Gasteiger partial charge in [-0.3, -0.25) is 0 Å². The first-order valence-electron chi connectivity index (χ1n) is 5.33. The normalized spacial score (nSPS) is 10.1. The molecule has 0 aliphatic heterocycles. The average molecular weight is 360 g/mol.